The maximum Gasteiger partial charge on any atom is 0.302 e. The largest absolute Gasteiger partial charge is 0.382 e. The molecule has 0 spiro atoms. The van der Waals surface area contributed by atoms with Crippen LogP contribution in [0.3, 0.4) is 0 Å². The van der Waals surface area contributed by atoms with Gasteiger partial charge in [0.2, 0.25) is 0 Å². The number of halogens is 1. The molecule has 0 unspecified atom stereocenters. The van der Waals surface area contributed by atoms with Crippen LogP contribution >= 0.6 is 11.6 Å². The SMILES string of the molecule is NC(N)=NC(=O)c1nc(Cl)c(NC2CC2)nc1N. The van der Waals surface area contributed by atoms with E-state index in [1.54, 1.807) is 0 Å². The van der Waals surface area contributed by atoms with Crippen molar-refractivity contribution in [3.05, 3.63) is 10.8 Å². The second-order valence-electron chi connectivity index (χ2n) is 3.86. The van der Waals surface area contributed by atoms with E-state index in [2.05, 4.69) is 20.3 Å². The molecule has 0 aromatic carbocycles. The van der Waals surface area contributed by atoms with Gasteiger partial charge in [0, 0.05) is 6.04 Å². The van der Waals surface area contributed by atoms with Crippen molar-refractivity contribution in [3.63, 3.8) is 0 Å². The average Bonchev–Trinajstić information content (AvgIpc) is 3.05. The molecule has 1 aliphatic carbocycles. The van der Waals surface area contributed by atoms with E-state index in [1.807, 2.05) is 0 Å². The molecule has 0 radical (unpaired) electrons. The van der Waals surface area contributed by atoms with Crippen LogP contribution in [0.1, 0.15) is 23.3 Å². The lowest BCUT2D eigenvalue weighted by Crippen LogP contribution is -2.25. The monoisotopic (exact) mass is 269 g/mol. The Bertz CT molecular complexity index is 522. The molecule has 96 valence electrons. The zero-order valence-electron chi connectivity index (χ0n) is 9.35. The summed E-state index contributed by atoms with van der Waals surface area (Å²) in [4.78, 5) is 22.7. The number of nitrogens with two attached hydrogens (primary N) is 3. The molecule has 1 amide bonds. The molecule has 9 heteroatoms. The number of rotatable bonds is 3. The quantitative estimate of drug-likeness (QED) is 0.435. The molecule has 0 saturated heterocycles. The molecule has 1 heterocycles. The number of aromatic nitrogens is 2. The Morgan fingerprint density at radius 2 is 2.06 bits per heavy atom. The molecular formula is C9H12ClN7O. The summed E-state index contributed by atoms with van der Waals surface area (Å²) in [5.74, 6) is -0.868. The van der Waals surface area contributed by atoms with Gasteiger partial charge in [0.15, 0.2) is 28.4 Å². The van der Waals surface area contributed by atoms with Crippen LogP contribution in [0.5, 0.6) is 0 Å². The number of anilines is 2. The fourth-order valence-corrected chi connectivity index (χ4v) is 1.45. The van der Waals surface area contributed by atoms with Crippen molar-refractivity contribution in [2.75, 3.05) is 11.1 Å². The van der Waals surface area contributed by atoms with Crippen LogP contribution in [0, 0.1) is 0 Å². The van der Waals surface area contributed by atoms with E-state index < -0.39 is 5.91 Å². The van der Waals surface area contributed by atoms with E-state index in [1.165, 1.54) is 0 Å². The van der Waals surface area contributed by atoms with Crippen LogP contribution < -0.4 is 22.5 Å². The molecule has 1 aromatic rings. The summed E-state index contributed by atoms with van der Waals surface area (Å²) >= 11 is 5.90. The third-order valence-corrected chi connectivity index (χ3v) is 2.50. The number of nitrogen functional groups attached to an aromatic ring is 1. The van der Waals surface area contributed by atoms with Crippen LogP contribution in [-0.4, -0.2) is 27.9 Å². The first-order chi connectivity index (χ1) is 8.47. The Kier molecular flexibility index (Phi) is 3.19. The van der Waals surface area contributed by atoms with Gasteiger partial charge in [-0.1, -0.05) is 11.6 Å². The van der Waals surface area contributed by atoms with Crippen LogP contribution in [0.4, 0.5) is 11.6 Å². The maximum atomic E-state index is 11.6. The average molecular weight is 270 g/mol. The molecule has 8 nitrogen and oxygen atoms in total. The summed E-state index contributed by atoms with van der Waals surface area (Å²) in [6.07, 6.45) is 2.10. The summed E-state index contributed by atoms with van der Waals surface area (Å²) in [5.41, 5.74) is 15.6. The Labute approximate surface area is 108 Å². The highest BCUT2D eigenvalue weighted by Gasteiger charge is 2.24. The number of hydrogen-bond acceptors (Lipinski definition) is 5. The van der Waals surface area contributed by atoms with Crippen molar-refractivity contribution in [2.24, 2.45) is 16.5 Å². The summed E-state index contributed by atoms with van der Waals surface area (Å²) in [7, 11) is 0. The highest BCUT2D eigenvalue weighted by Crippen LogP contribution is 2.28. The molecule has 1 aliphatic rings. The molecule has 0 bridgehead atoms. The molecule has 0 atom stereocenters. The second-order valence-corrected chi connectivity index (χ2v) is 4.22. The van der Waals surface area contributed by atoms with Gasteiger partial charge in [-0.3, -0.25) is 4.79 Å². The van der Waals surface area contributed by atoms with Gasteiger partial charge in [-0.2, -0.15) is 4.99 Å². The summed E-state index contributed by atoms with van der Waals surface area (Å²) < 4.78 is 0. The lowest BCUT2D eigenvalue weighted by Gasteiger charge is -2.08. The first-order valence-electron chi connectivity index (χ1n) is 5.21. The second kappa shape index (κ2) is 4.65. The molecular weight excluding hydrogens is 258 g/mol. The fraction of sp³-hybridized carbons (Fsp3) is 0.333. The van der Waals surface area contributed by atoms with E-state index in [4.69, 9.17) is 28.8 Å². The molecule has 1 fully saturated rings. The Hall–Kier alpha value is -2.09. The van der Waals surface area contributed by atoms with Crippen molar-refractivity contribution in [2.45, 2.75) is 18.9 Å². The van der Waals surface area contributed by atoms with E-state index in [-0.39, 0.29) is 22.6 Å². The number of carbonyl (C=O) groups is 1. The van der Waals surface area contributed by atoms with Crippen molar-refractivity contribution in [3.8, 4) is 0 Å². The van der Waals surface area contributed by atoms with E-state index in [0.717, 1.165) is 12.8 Å². The number of nitrogens with zero attached hydrogens (tertiary/aromatic N) is 3. The predicted octanol–water partition coefficient (Wildman–Crippen LogP) is -0.300. The number of aliphatic imine (C=N–C) groups is 1. The summed E-state index contributed by atoms with van der Waals surface area (Å²) in [6, 6.07) is 0.343. The molecule has 1 saturated carbocycles. The van der Waals surface area contributed by atoms with Gasteiger partial charge in [-0.15, -0.1) is 0 Å². The highest BCUT2D eigenvalue weighted by atomic mass is 35.5. The summed E-state index contributed by atoms with van der Waals surface area (Å²) in [5, 5.41) is 3.11. The van der Waals surface area contributed by atoms with Crippen LogP contribution in [0.2, 0.25) is 5.15 Å². The number of amides is 1. The zero-order valence-corrected chi connectivity index (χ0v) is 10.1. The third-order valence-electron chi connectivity index (χ3n) is 2.23. The number of guanidine groups is 1. The van der Waals surface area contributed by atoms with Crippen LogP contribution in [0.15, 0.2) is 4.99 Å². The van der Waals surface area contributed by atoms with Gasteiger partial charge >= 0.3 is 5.91 Å². The van der Waals surface area contributed by atoms with Crippen LogP contribution in [-0.2, 0) is 0 Å². The van der Waals surface area contributed by atoms with Crippen LogP contribution in [0.25, 0.3) is 0 Å². The molecule has 1 aromatic heterocycles. The number of carbonyl (C=O) groups excluding carboxylic acids is 1. The predicted molar refractivity (Wildman–Crippen MR) is 68.2 cm³/mol. The minimum atomic E-state index is -0.778. The standard InChI is InChI=1S/C9H12ClN7O/c10-5-7(14-3-1-2-3)16-6(11)4(15-5)8(18)17-9(12)13/h3H,1-2H2,(H3,11,14,16)(H4,12,13,17,18). The van der Waals surface area contributed by atoms with E-state index >= 15 is 0 Å². The van der Waals surface area contributed by atoms with Gasteiger partial charge in [0.25, 0.3) is 0 Å². The van der Waals surface area contributed by atoms with E-state index in [0.29, 0.717) is 11.9 Å². The normalized spacial score (nSPS) is 14.1. The lowest BCUT2D eigenvalue weighted by molar-refractivity contribution is 0.0998. The van der Waals surface area contributed by atoms with Crippen molar-refractivity contribution >= 4 is 35.1 Å². The molecule has 0 aliphatic heterocycles. The summed E-state index contributed by atoms with van der Waals surface area (Å²) in [6.45, 7) is 0. The highest BCUT2D eigenvalue weighted by molar-refractivity contribution is 6.32. The molecule has 2 rings (SSSR count). The maximum absolute atomic E-state index is 11.6. The smallest absolute Gasteiger partial charge is 0.302 e. The number of hydrogen-bond donors (Lipinski definition) is 4. The van der Waals surface area contributed by atoms with Crippen molar-refractivity contribution in [1.82, 2.24) is 9.97 Å². The molecule has 18 heavy (non-hydrogen) atoms. The zero-order chi connectivity index (χ0) is 13.3. The fourth-order valence-electron chi connectivity index (χ4n) is 1.27. The minimum absolute atomic E-state index is 0.0604. The van der Waals surface area contributed by atoms with Crippen molar-refractivity contribution in [1.29, 1.82) is 0 Å². The Balaban J connectivity index is 2.29. The van der Waals surface area contributed by atoms with Gasteiger partial charge in [-0.25, -0.2) is 9.97 Å². The van der Waals surface area contributed by atoms with E-state index in [9.17, 15) is 4.79 Å². The first-order valence-corrected chi connectivity index (χ1v) is 5.58. The number of nitrogens with one attached hydrogen (secondary N) is 1. The van der Waals surface area contributed by atoms with Gasteiger partial charge in [0.1, 0.15) is 0 Å². The Morgan fingerprint density at radius 1 is 1.39 bits per heavy atom. The topological polar surface area (TPSA) is 145 Å². The minimum Gasteiger partial charge on any atom is -0.382 e. The lowest BCUT2D eigenvalue weighted by atomic mass is 10.4. The Morgan fingerprint density at radius 3 is 2.61 bits per heavy atom. The van der Waals surface area contributed by atoms with Crippen molar-refractivity contribution < 1.29 is 4.79 Å². The van der Waals surface area contributed by atoms with Gasteiger partial charge in [0.05, 0.1) is 0 Å². The molecule has 7 N–H and O–H groups in total. The first kappa shape index (κ1) is 12.4. The third kappa shape index (κ3) is 2.77. The van der Waals surface area contributed by atoms with Gasteiger partial charge < -0.3 is 22.5 Å². The van der Waals surface area contributed by atoms with Gasteiger partial charge in [-0.05, 0) is 12.8 Å².